The van der Waals surface area contributed by atoms with Gasteiger partial charge in [0.05, 0.1) is 19.6 Å². The van der Waals surface area contributed by atoms with Crippen molar-refractivity contribution in [2.45, 2.75) is 38.6 Å². The van der Waals surface area contributed by atoms with Crippen LogP contribution in [0.3, 0.4) is 0 Å². The number of benzene rings is 2. The first kappa shape index (κ1) is 23.3. The standard InChI is InChI=1S/C25H30N2O5/c1-2-15-31-21-12-6-11-20(17-21)25(30)27-14-13-26-24(29)22(27)18-23(28)32-16-7-10-19-8-4-3-5-9-19/h3-6,8-9,11-12,17,22H,2,7,10,13-16,18H2,1H3,(H,26,29). The highest BCUT2D eigenvalue weighted by atomic mass is 16.5. The van der Waals surface area contributed by atoms with E-state index in [2.05, 4.69) is 5.32 Å². The number of rotatable bonds is 10. The third kappa shape index (κ3) is 6.57. The molecule has 1 atom stereocenters. The van der Waals surface area contributed by atoms with Gasteiger partial charge < -0.3 is 19.7 Å². The third-order valence-electron chi connectivity index (χ3n) is 5.22. The summed E-state index contributed by atoms with van der Waals surface area (Å²) in [4.78, 5) is 39.4. The third-order valence-corrected chi connectivity index (χ3v) is 5.22. The first-order valence-electron chi connectivity index (χ1n) is 11.1. The van der Waals surface area contributed by atoms with Crippen molar-refractivity contribution in [2.75, 3.05) is 26.3 Å². The first-order valence-corrected chi connectivity index (χ1v) is 11.1. The normalized spacial score (nSPS) is 15.7. The van der Waals surface area contributed by atoms with E-state index in [1.807, 2.05) is 37.3 Å². The number of carbonyl (C=O) groups is 3. The van der Waals surface area contributed by atoms with Gasteiger partial charge in [0.15, 0.2) is 0 Å². The summed E-state index contributed by atoms with van der Waals surface area (Å²) in [5.74, 6) is -0.528. The molecule has 1 unspecified atom stereocenters. The van der Waals surface area contributed by atoms with Gasteiger partial charge in [0, 0.05) is 18.7 Å². The molecule has 0 saturated carbocycles. The second kappa shape index (κ2) is 11.9. The van der Waals surface area contributed by atoms with Gasteiger partial charge in [0.1, 0.15) is 11.8 Å². The van der Waals surface area contributed by atoms with E-state index in [-0.39, 0.29) is 24.8 Å². The second-order valence-corrected chi connectivity index (χ2v) is 7.70. The fourth-order valence-electron chi connectivity index (χ4n) is 3.59. The molecule has 3 rings (SSSR count). The number of aryl methyl sites for hydroxylation is 1. The molecule has 1 fully saturated rings. The van der Waals surface area contributed by atoms with Crippen molar-refractivity contribution in [3.63, 3.8) is 0 Å². The maximum atomic E-state index is 13.1. The molecule has 1 saturated heterocycles. The van der Waals surface area contributed by atoms with Crippen molar-refractivity contribution >= 4 is 17.8 Å². The molecule has 2 aromatic rings. The number of amides is 2. The quantitative estimate of drug-likeness (QED) is 0.455. The van der Waals surface area contributed by atoms with E-state index in [0.29, 0.717) is 37.4 Å². The molecule has 1 aliphatic heterocycles. The molecule has 7 heteroatoms. The summed E-state index contributed by atoms with van der Waals surface area (Å²) in [5.41, 5.74) is 1.60. The topological polar surface area (TPSA) is 84.9 Å². The van der Waals surface area contributed by atoms with E-state index in [1.54, 1.807) is 24.3 Å². The Balaban J connectivity index is 1.57. The number of esters is 1. The summed E-state index contributed by atoms with van der Waals surface area (Å²) in [6, 6.07) is 16.0. The minimum absolute atomic E-state index is 0.172. The number of hydrogen-bond donors (Lipinski definition) is 1. The number of ether oxygens (including phenoxy) is 2. The van der Waals surface area contributed by atoms with Crippen LogP contribution in [-0.2, 0) is 20.7 Å². The minimum atomic E-state index is -0.891. The van der Waals surface area contributed by atoms with Crippen molar-refractivity contribution < 1.29 is 23.9 Å². The Morgan fingerprint density at radius 3 is 2.69 bits per heavy atom. The zero-order valence-corrected chi connectivity index (χ0v) is 18.4. The lowest BCUT2D eigenvalue weighted by atomic mass is 10.1. The van der Waals surface area contributed by atoms with Crippen LogP contribution >= 0.6 is 0 Å². The Labute approximate surface area is 188 Å². The van der Waals surface area contributed by atoms with Gasteiger partial charge in [-0.2, -0.15) is 0 Å². The molecule has 0 aromatic heterocycles. The number of nitrogens with zero attached hydrogens (tertiary/aromatic N) is 1. The van der Waals surface area contributed by atoms with Gasteiger partial charge >= 0.3 is 5.97 Å². The SMILES string of the molecule is CCCOc1cccc(C(=O)N2CCNC(=O)C2CC(=O)OCCCc2ccccc2)c1. The van der Waals surface area contributed by atoms with Crippen molar-refractivity contribution in [3.8, 4) is 5.75 Å². The Bertz CT molecular complexity index is 916. The van der Waals surface area contributed by atoms with E-state index < -0.39 is 12.0 Å². The summed E-state index contributed by atoms with van der Waals surface area (Å²) in [6.45, 7) is 3.51. The molecular weight excluding hydrogens is 408 g/mol. The van der Waals surface area contributed by atoms with Gasteiger partial charge in [-0.05, 0) is 43.0 Å². The number of piperazine rings is 1. The van der Waals surface area contributed by atoms with Crippen LogP contribution in [0.15, 0.2) is 54.6 Å². The first-order chi connectivity index (χ1) is 15.6. The van der Waals surface area contributed by atoms with Gasteiger partial charge in [-0.25, -0.2) is 0 Å². The van der Waals surface area contributed by atoms with E-state index in [9.17, 15) is 14.4 Å². The Hall–Kier alpha value is -3.35. The monoisotopic (exact) mass is 438 g/mol. The number of hydrogen-bond acceptors (Lipinski definition) is 5. The number of nitrogens with one attached hydrogen (secondary N) is 1. The predicted octanol–water partition coefficient (Wildman–Crippen LogP) is 2.98. The van der Waals surface area contributed by atoms with Crippen molar-refractivity contribution in [3.05, 3.63) is 65.7 Å². The molecule has 0 spiro atoms. The van der Waals surface area contributed by atoms with Crippen LogP contribution in [0.25, 0.3) is 0 Å². The molecular formula is C25H30N2O5. The van der Waals surface area contributed by atoms with Gasteiger partial charge in [-0.3, -0.25) is 14.4 Å². The molecule has 0 aliphatic carbocycles. The molecule has 2 amide bonds. The van der Waals surface area contributed by atoms with E-state index in [1.165, 1.54) is 10.5 Å². The fraction of sp³-hybridized carbons (Fsp3) is 0.400. The highest BCUT2D eigenvalue weighted by Crippen LogP contribution is 2.19. The van der Waals surface area contributed by atoms with Crippen molar-refractivity contribution in [2.24, 2.45) is 0 Å². The van der Waals surface area contributed by atoms with Crippen LogP contribution in [0.5, 0.6) is 5.75 Å². The Morgan fingerprint density at radius 2 is 1.91 bits per heavy atom. The molecule has 2 aromatic carbocycles. The van der Waals surface area contributed by atoms with E-state index >= 15 is 0 Å². The maximum Gasteiger partial charge on any atom is 0.308 e. The van der Waals surface area contributed by atoms with Gasteiger partial charge in [0.25, 0.3) is 5.91 Å². The van der Waals surface area contributed by atoms with Gasteiger partial charge in [0.2, 0.25) is 5.91 Å². The maximum absolute atomic E-state index is 13.1. The van der Waals surface area contributed by atoms with E-state index in [0.717, 1.165) is 12.8 Å². The molecule has 0 bridgehead atoms. The zero-order valence-electron chi connectivity index (χ0n) is 18.4. The van der Waals surface area contributed by atoms with Crippen LogP contribution < -0.4 is 10.1 Å². The zero-order chi connectivity index (χ0) is 22.8. The van der Waals surface area contributed by atoms with Crippen LogP contribution in [0.2, 0.25) is 0 Å². The highest BCUT2D eigenvalue weighted by Gasteiger charge is 2.35. The highest BCUT2D eigenvalue weighted by molar-refractivity contribution is 5.99. The average molecular weight is 439 g/mol. The second-order valence-electron chi connectivity index (χ2n) is 7.70. The Morgan fingerprint density at radius 1 is 1.09 bits per heavy atom. The summed E-state index contributed by atoms with van der Waals surface area (Å²) in [7, 11) is 0. The van der Waals surface area contributed by atoms with Gasteiger partial charge in [-0.1, -0.05) is 43.3 Å². The predicted molar refractivity (Wildman–Crippen MR) is 120 cm³/mol. The van der Waals surface area contributed by atoms with Crippen LogP contribution in [0, 0.1) is 0 Å². The van der Waals surface area contributed by atoms with Crippen molar-refractivity contribution in [1.29, 1.82) is 0 Å². The summed E-state index contributed by atoms with van der Waals surface area (Å²) in [6.07, 6.45) is 2.19. The lowest BCUT2D eigenvalue weighted by Gasteiger charge is -2.34. The summed E-state index contributed by atoms with van der Waals surface area (Å²) < 4.78 is 10.9. The number of carbonyl (C=O) groups excluding carboxylic acids is 3. The van der Waals surface area contributed by atoms with Crippen LogP contribution in [0.4, 0.5) is 0 Å². The minimum Gasteiger partial charge on any atom is -0.494 e. The summed E-state index contributed by atoms with van der Waals surface area (Å²) in [5, 5.41) is 2.74. The van der Waals surface area contributed by atoms with Gasteiger partial charge in [-0.15, -0.1) is 0 Å². The molecule has 32 heavy (non-hydrogen) atoms. The molecule has 170 valence electrons. The molecule has 1 aliphatic rings. The molecule has 1 heterocycles. The molecule has 1 N–H and O–H groups in total. The van der Waals surface area contributed by atoms with Crippen molar-refractivity contribution in [1.82, 2.24) is 10.2 Å². The molecule has 7 nitrogen and oxygen atoms in total. The molecule has 0 radical (unpaired) electrons. The van der Waals surface area contributed by atoms with E-state index in [4.69, 9.17) is 9.47 Å². The average Bonchev–Trinajstić information content (AvgIpc) is 2.82. The summed E-state index contributed by atoms with van der Waals surface area (Å²) >= 11 is 0. The van der Waals surface area contributed by atoms with Crippen LogP contribution in [0.1, 0.15) is 42.1 Å². The lowest BCUT2D eigenvalue weighted by Crippen LogP contribution is -2.57. The largest absolute Gasteiger partial charge is 0.494 e. The fourth-order valence-corrected chi connectivity index (χ4v) is 3.59. The van der Waals surface area contributed by atoms with Crippen LogP contribution in [-0.4, -0.2) is 55.0 Å². The smallest absolute Gasteiger partial charge is 0.308 e. The Kier molecular flexibility index (Phi) is 8.66. The lowest BCUT2D eigenvalue weighted by molar-refractivity contribution is -0.147.